The van der Waals surface area contributed by atoms with E-state index in [4.69, 9.17) is 4.98 Å². The summed E-state index contributed by atoms with van der Waals surface area (Å²) in [6.07, 6.45) is 6.77. The van der Waals surface area contributed by atoms with E-state index in [0.717, 1.165) is 56.3 Å². The fourth-order valence-electron chi connectivity index (χ4n) is 5.27. The second kappa shape index (κ2) is 8.66. The summed E-state index contributed by atoms with van der Waals surface area (Å²) in [6.45, 7) is 7.50. The molecule has 0 saturated carbocycles. The number of hydrogen-bond acceptors (Lipinski definition) is 5. The van der Waals surface area contributed by atoms with Crippen LogP contribution in [0.1, 0.15) is 78.6 Å². The molecule has 1 N–H and O–H groups in total. The summed E-state index contributed by atoms with van der Waals surface area (Å²) in [6, 6.07) is 7.42. The number of amides is 1. The van der Waals surface area contributed by atoms with E-state index in [9.17, 15) is 14.9 Å². The highest BCUT2D eigenvalue weighted by atomic mass is 32.1. The summed E-state index contributed by atoms with van der Waals surface area (Å²) in [5.41, 5.74) is 2.89. The van der Waals surface area contributed by atoms with Crippen LogP contribution in [0, 0.1) is 22.7 Å². The number of nitrogens with one attached hydrogen (secondary N) is 1. The molecule has 176 valence electrons. The third-order valence-electron chi connectivity index (χ3n) is 7.41. The van der Waals surface area contributed by atoms with Gasteiger partial charge in [0.2, 0.25) is 0 Å². The molecule has 6 nitrogen and oxygen atoms in total. The smallest absolute Gasteiger partial charge is 0.261 e. The van der Waals surface area contributed by atoms with Crippen molar-refractivity contribution in [3.63, 3.8) is 0 Å². The van der Waals surface area contributed by atoms with Crippen LogP contribution < -0.4 is 10.9 Å². The summed E-state index contributed by atoms with van der Waals surface area (Å²) in [5, 5.41) is 14.0. The van der Waals surface area contributed by atoms with E-state index >= 15 is 0 Å². The Kier molecular flexibility index (Phi) is 5.81. The zero-order valence-corrected chi connectivity index (χ0v) is 20.8. The van der Waals surface area contributed by atoms with Gasteiger partial charge in [-0.1, -0.05) is 27.2 Å². The molecule has 5 rings (SSSR count). The van der Waals surface area contributed by atoms with E-state index < -0.39 is 0 Å². The molecule has 0 fully saturated rings. The number of thiophene rings is 1. The number of aryl methyl sites for hydroxylation is 1. The van der Waals surface area contributed by atoms with Crippen molar-refractivity contribution in [1.82, 2.24) is 9.55 Å². The fourth-order valence-corrected chi connectivity index (χ4v) is 6.54. The van der Waals surface area contributed by atoms with Crippen molar-refractivity contribution in [2.24, 2.45) is 11.3 Å². The second-order valence-electron chi connectivity index (χ2n) is 10.6. The summed E-state index contributed by atoms with van der Waals surface area (Å²) >= 11 is 1.53. The molecule has 3 heterocycles. The molecule has 0 spiro atoms. The highest BCUT2D eigenvalue weighted by Crippen LogP contribution is 2.44. The number of anilines is 1. The Morgan fingerprint density at radius 3 is 2.82 bits per heavy atom. The molecule has 1 unspecified atom stereocenters. The first kappa shape index (κ1) is 22.8. The minimum atomic E-state index is -0.277. The summed E-state index contributed by atoms with van der Waals surface area (Å²) in [7, 11) is 0. The van der Waals surface area contributed by atoms with Crippen molar-refractivity contribution >= 4 is 33.1 Å². The monoisotopic (exact) mass is 474 g/mol. The molecule has 1 aliphatic heterocycles. The first-order chi connectivity index (χ1) is 16.3. The second-order valence-corrected chi connectivity index (χ2v) is 11.7. The Morgan fingerprint density at radius 2 is 2.06 bits per heavy atom. The SMILES string of the molecule is CC(C)(C)C1CCc2c(sc(NC(=O)c3ccc4c(=O)n5c(nc4c3)CCCCC5)c2C#N)C1. The normalized spacial score (nSPS) is 18.0. The molecule has 0 radical (unpaired) electrons. The highest BCUT2D eigenvalue weighted by Gasteiger charge is 2.32. The number of nitriles is 1. The lowest BCUT2D eigenvalue weighted by Gasteiger charge is -2.33. The van der Waals surface area contributed by atoms with E-state index in [2.05, 4.69) is 32.2 Å². The van der Waals surface area contributed by atoms with Crippen molar-refractivity contribution in [3.8, 4) is 6.07 Å². The van der Waals surface area contributed by atoms with Crippen molar-refractivity contribution in [1.29, 1.82) is 5.26 Å². The predicted molar refractivity (Wildman–Crippen MR) is 136 cm³/mol. The topological polar surface area (TPSA) is 87.8 Å². The van der Waals surface area contributed by atoms with Crippen LogP contribution in [0.25, 0.3) is 10.9 Å². The molecule has 0 saturated heterocycles. The first-order valence-corrected chi connectivity index (χ1v) is 13.0. The third-order valence-corrected chi connectivity index (χ3v) is 8.58. The van der Waals surface area contributed by atoms with Crippen LogP contribution in [0.15, 0.2) is 23.0 Å². The van der Waals surface area contributed by atoms with Crippen molar-refractivity contribution in [2.45, 2.75) is 72.3 Å². The lowest BCUT2D eigenvalue weighted by molar-refractivity contribution is 0.102. The highest BCUT2D eigenvalue weighted by molar-refractivity contribution is 7.16. The molecule has 34 heavy (non-hydrogen) atoms. The maximum Gasteiger partial charge on any atom is 0.261 e. The largest absolute Gasteiger partial charge is 0.312 e. The van der Waals surface area contributed by atoms with Crippen LogP contribution in [0.4, 0.5) is 5.00 Å². The molecule has 1 amide bonds. The third kappa shape index (κ3) is 4.05. The van der Waals surface area contributed by atoms with E-state index in [1.807, 2.05) is 0 Å². The Balaban J connectivity index is 1.45. The maximum absolute atomic E-state index is 13.2. The number of benzene rings is 1. The van der Waals surface area contributed by atoms with Gasteiger partial charge in [0.25, 0.3) is 11.5 Å². The van der Waals surface area contributed by atoms with Gasteiger partial charge in [-0.25, -0.2) is 4.98 Å². The molecule has 1 atom stereocenters. The molecular weight excluding hydrogens is 444 g/mol. The number of hydrogen-bond donors (Lipinski definition) is 1. The van der Waals surface area contributed by atoms with Gasteiger partial charge < -0.3 is 5.32 Å². The van der Waals surface area contributed by atoms with Gasteiger partial charge in [0.15, 0.2) is 0 Å². The van der Waals surface area contributed by atoms with Crippen molar-refractivity contribution in [2.75, 3.05) is 5.32 Å². The molecular formula is C27H30N4O2S. The van der Waals surface area contributed by atoms with Gasteiger partial charge in [-0.05, 0) is 67.2 Å². The molecule has 3 aromatic rings. The summed E-state index contributed by atoms with van der Waals surface area (Å²) in [5.74, 6) is 1.09. The van der Waals surface area contributed by atoms with Crippen LogP contribution in [0.2, 0.25) is 0 Å². The standard InChI is InChI=1S/C27H30N4O2S/c1-27(2,3)17-9-11-18-20(15-28)25(34-22(18)14-17)30-24(32)16-8-10-19-21(13-16)29-23-7-5-4-6-12-31(23)26(19)33/h8,10,13,17H,4-7,9,11-12,14H2,1-3H3,(H,30,32). The lowest BCUT2D eigenvalue weighted by Crippen LogP contribution is -2.26. The Labute approximate surface area is 203 Å². The van der Waals surface area contributed by atoms with Gasteiger partial charge >= 0.3 is 0 Å². The lowest BCUT2D eigenvalue weighted by atomic mass is 9.72. The average Bonchev–Trinajstić information content (AvgIpc) is 2.97. The number of fused-ring (bicyclic) bond motifs is 3. The molecule has 7 heteroatoms. The first-order valence-electron chi connectivity index (χ1n) is 12.2. The van der Waals surface area contributed by atoms with Gasteiger partial charge in [0, 0.05) is 23.4 Å². The van der Waals surface area contributed by atoms with Crippen LogP contribution in [0.5, 0.6) is 0 Å². The van der Waals surface area contributed by atoms with Gasteiger partial charge in [-0.15, -0.1) is 11.3 Å². The van der Waals surface area contributed by atoms with Crippen LogP contribution in [-0.2, 0) is 25.8 Å². The van der Waals surface area contributed by atoms with Crippen LogP contribution in [-0.4, -0.2) is 15.5 Å². The van der Waals surface area contributed by atoms with Crippen molar-refractivity contribution in [3.05, 3.63) is 55.9 Å². The zero-order valence-electron chi connectivity index (χ0n) is 20.0. The molecule has 1 aliphatic carbocycles. The van der Waals surface area contributed by atoms with Gasteiger partial charge in [-0.2, -0.15) is 5.26 Å². The van der Waals surface area contributed by atoms with Gasteiger partial charge in [-0.3, -0.25) is 14.2 Å². The van der Waals surface area contributed by atoms with Gasteiger partial charge in [0.1, 0.15) is 16.9 Å². The van der Waals surface area contributed by atoms with Crippen LogP contribution in [0.3, 0.4) is 0 Å². The minimum Gasteiger partial charge on any atom is -0.312 e. The predicted octanol–water partition coefficient (Wildman–Crippen LogP) is 5.46. The number of rotatable bonds is 2. The molecule has 2 aromatic heterocycles. The van der Waals surface area contributed by atoms with E-state index in [1.54, 1.807) is 22.8 Å². The summed E-state index contributed by atoms with van der Waals surface area (Å²) < 4.78 is 1.79. The van der Waals surface area contributed by atoms with E-state index in [1.165, 1.54) is 16.2 Å². The maximum atomic E-state index is 13.2. The quantitative estimate of drug-likeness (QED) is 0.534. The number of aromatic nitrogens is 2. The average molecular weight is 475 g/mol. The Hall–Kier alpha value is -2.98. The Bertz CT molecular complexity index is 1390. The fraction of sp³-hybridized carbons (Fsp3) is 0.481. The number of nitrogens with zero attached hydrogens (tertiary/aromatic N) is 3. The Morgan fingerprint density at radius 1 is 1.24 bits per heavy atom. The number of carbonyl (C=O) groups is 1. The molecule has 2 aliphatic rings. The number of carbonyl (C=O) groups excluding carboxylic acids is 1. The van der Waals surface area contributed by atoms with E-state index in [-0.39, 0.29) is 16.9 Å². The van der Waals surface area contributed by atoms with Gasteiger partial charge in [0.05, 0.1) is 16.5 Å². The molecule has 1 aromatic carbocycles. The summed E-state index contributed by atoms with van der Waals surface area (Å²) in [4.78, 5) is 32.1. The van der Waals surface area contributed by atoms with Crippen LogP contribution >= 0.6 is 11.3 Å². The zero-order chi connectivity index (χ0) is 24.0. The minimum absolute atomic E-state index is 0.0278. The van der Waals surface area contributed by atoms with Crippen molar-refractivity contribution < 1.29 is 4.79 Å². The molecule has 0 bridgehead atoms. The van der Waals surface area contributed by atoms with E-state index in [0.29, 0.717) is 39.5 Å².